The molecule has 0 saturated heterocycles. The molecule has 5 rings (SSSR count). The van der Waals surface area contributed by atoms with Gasteiger partial charge in [0.05, 0.1) is 22.0 Å². The summed E-state index contributed by atoms with van der Waals surface area (Å²) in [5, 5.41) is -0.0945. The number of aromatic nitrogens is 4. The Morgan fingerprint density at radius 1 is 1.00 bits per heavy atom. The minimum Gasteiger partial charge on any atom is -0.474 e. The molecular formula is C27H25F5N4O3S. The molecule has 40 heavy (non-hydrogen) atoms. The molecule has 0 spiro atoms. The number of rotatable bonds is 6. The summed E-state index contributed by atoms with van der Waals surface area (Å²) in [7, 11) is -4.19. The smallest absolute Gasteiger partial charge is 0.391 e. The van der Waals surface area contributed by atoms with E-state index in [1.807, 2.05) is 0 Å². The fourth-order valence-electron chi connectivity index (χ4n) is 4.98. The van der Waals surface area contributed by atoms with Crippen molar-refractivity contribution in [2.45, 2.75) is 63.1 Å². The zero-order chi connectivity index (χ0) is 28.8. The van der Waals surface area contributed by atoms with E-state index < -0.39 is 40.3 Å². The summed E-state index contributed by atoms with van der Waals surface area (Å²) in [5.41, 5.74) is 0.408. The Bertz CT molecular complexity index is 1650. The highest BCUT2D eigenvalue weighted by atomic mass is 32.2. The summed E-state index contributed by atoms with van der Waals surface area (Å²) < 4.78 is 101. The van der Waals surface area contributed by atoms with Gasteiger partial charge < -0.3 is 4.74 Å². The van der Waals surface area contributed by atoms with Gasteiger partial charge in [-0.3, -0.25) is 4.98 Å². The number of hydrogen-bond donors (Lipinski definition) is 0. The quantitative estimate of drug-likeness (QED) is 0.234. The molecule has 3 heterocycles. The number of hydrogen-bond acceptors (Lipinski definition) is 6. The van der Waals surface area contributed by atoms with Crippen LogP contribution in [0.15, 0.2) is 53.7 Å². The molecule has 0 amide bonds. The number of halogens is 5. The molecule has 1 aliphatic rings. The van der Waals surface area contributed by atoms with Crippen molar-refractivity contribution in [1.82, 2.24) is 18.9 Å². The Balaban J connectivity index is 1.58. The van der Waals surface area contributed by atoms with Crippen LogP contribution in [0.4, 0.5) is 22.0 Å². The first-order valence-electron chi connectivity index (χ1n) is 12.5. The molecule has 13 heteroatoms. The molecule has 0 radical (unpaired) electrons. The lowest BCUT2D eigenvalue weighted by Crippen LogP contribution is -2.32. The van der Waals surface area contributed by atoms with Crippen molar-refractivity contribution in [3.8, 4) is 17.1 Å². The summed E-state index contributed by atoms with van der Waals surface area (Å²) in [6.07, 6.45) is -5.23. The van der Waals surface area contributed by atoms with Crippen LogP contribution >= 0.6 is 0 Å². The van der Waals surface area contributed by atoms with Gasteiger partial charge in [0.2, 0.25) is 5.88 Å². The Kier molecular flexibility index (Phi) is 7.28. The Morgan fingerprint density at radius 2 is 1.68 bits per heavy atom. The van der Waals surface area contributed by atoms with E-state index in [2.05, 4.69) is 15.0 Å². The summed E-state index contributed by atoms with van der Waals surface area (Å²) in [4.78, 5) is 12.4. The zero-order valence-corrected chi connectivity index (χ0v) is 22.3. The maximum absolute atomic E-state index is 14.1. The number of fused-ring (bicyclic) bond motifs is 1. The van der Waals surface area contributed by atoms with Crippen LogP contribution in [0.5, 0.6) is 5.88 Å². The average molecular weight is 581 g/mol. The van der Waals surface area contributed by atoms with E-state index >= 15 is 0 Å². The Labute approximate surface area is 227 Å². The number of nitrogens with zero attached hydrogens (tertiary/aromatic N) is 4. The molecule has 0 bridgehead atoms. The molecule has 212 valence electrons. The third-order valence-electron chi connectivity index (χ3n) is 7.01. The number of pyridine rings is 1. The highest BCUT2D eigenvalue weighted by molar-refractivity contribution is 7.90. The van der Waals surface area contributed by atoms with E-state index in [9.17, 15) is 30.4 Å². The first-order chi connectivity index (χ1) is 18.8. The molecule has 4 aromatic rings. The predicted octanol–water partition coefficient (Wildman–Crippen LogP) is 6.78. The summed E-state index contributed by atoms with van der Waals surface area (Å²) in [6.45, 7) is 3.35. The van der Waals surface area contributed by atoms with E-state index in [4.69, 9.17) is 4.74 Å². The van der Waals surface area contributed by atoms with E-state index in [1.165, 1.54) is 30.5 Å². The van der Waals surface area contributed by atoms with Gasteiger partial charge >= 0.3 is 6.18 Å². The van der Waals surface area contributed by atoms with Crippen molar-refractivity contribution in [3.63, 3.8) is 0 Å². The van der Waals surface area contributed by atoms with E-state index in [-0.39, 0.29) is 64.4 Å². The Hall–Kier alpha value is -3.61. The summed E-state index contributed by atoms with van der Waals surface area (Å²) >= 11 is 0. The minimum atomic E-state index is -4.26. The number of aryl methyl sites for hydroxylation is 2. The maximum atomic E-state index is 14.1. The van der Waals surface area contributed by atoms with Gasteiger partial charge in [-0.1, -0.05) is 17.7 Å². The molecule has 0 atom stereocenters. The van der Waals surface area contributed by atoms with Crippen LogP contribution < -0.4 is 4.74 Å². The lowest BCUT2D eigenvalue weighted by Gasteiger charge is -2.29. The monoisotopic (exact) mass is 580 g/mol. The molecule has 1 saturated carbocycles. The normalized spacial score (nSPS) is 18.4. The van der Waals surface area contributed by atoms with E-state index in [0.29, 0.717) is 0 Å². The fourth-order valence-corrected chi connectivity index (χ4v) is 6.34. The first kappa shape index (κ1) is 27.9. The minimum absolute atomic E-state index is 0.00918. The number of ether oxygens (including phenoxy) is 1. The molecule has 3 aromatic heterocycles. The van der Waals surface area contributed by atoms with Gasteiger partial charge in [0.1, 0.15) is 17.6 Å². The van der Waals surface area contributed by atoms with Crippen molar-refractivity contribution >= 4 is 20.9 Å². The van der Waals surface area contributed by atoms with Gasteiger partial charge in [0, 0.05) is 29.4 Å². The van der Waals surface area contributed by atoms with Gasteiger partial charge in [-0.15, -0.1) is 0 Å². The van der Waals surface area contributed by atoms with Crippen LogP contribution in [0, 0.1) is 19.8 Å². The van der Waals surface area contributed by atoms with Crippen molar-refractivity contribution in [2.24, 2.45) is 5.92 Å². The van der Waals surface area contributed by atoms with Gasteiger partial charge in [-0.05, 0) is 57.7 Å². The molecule has 7 nitrogen and oxygen atoms in total. The maximum Gasteiger partial charge on any atom is 0.391 e. The van der Waals surface area contributed by atoms with Crippen LogP contribution in [-0.4, -0.2) is 39.6 Å². The van der Waals surface area contributed by atoms with Gasteiger partial charge in [-0.25, -0.2) is 26.2 Å². The second kappa shape index (κ2) is 10.4. The number of benzene rings is 1. The highest BCUT2D eigenvalue weighted by Crippen LogP contribution is 2.40. The topological polar surface area (TPSA) is 87.0 Å². The van der Waals surface area contributed by atoms with E-state index in [1.54, 1.807) is 26.0 Å². The number of alkyl halides is 5. The molecule has 0 unspecified atom stereocenters. The summed E-state index contributed by atoms with van der Waals surface area (Å²) in [5.74, 6) is -1.11. The van der Waals surface area contributed by atoms with Crippen LogP contribution in [-0.2, 0) is 10.0 Å². The molecule has 1 aliphatic carbocycles. The molecule has 0 N–H and O–H groups in total. The van der Waals surface area contributed by atoms with Crippen molar-refractivity contribution in [1.29, 1.82) is 0 Å². The molecule has 0 aliphatic heterocycles. The predicted molar refractivity (Wildman–Crippen MR) is 137 cm³/mol. The van der Waals surface area contributed by atoms with Crippen LogP contribution in [0.1, 0.15) is 49.2 Å². The van der Waals surface area contributed by atoms with Crippen LogP contribution in [0.2, 0.25) is 0 Å². The van der Waals surface area contributed by atoms with Crippen LogP contribution in [0.3, 0.4) is 0 Å². The second-order valence-electron chi connectivity index (χ2n) is 9.82. The van der Waals surface area contributed by atoms with Gasteiger partial charge in [0.25, 0.3) is 16.4 Å². The third kappa shape index (κ3) is 5.38. The SMILES string of the molecule is Cc1ccc(S(=O)(=O)n2cc(-c3cc(OC4CCC(C(F)(F)F)CC4)nc(C)n3)c3c(C(F)F)nccc32)cc1. The average Bonchev–Trinajstić information content (AvgIpc) is 3.29. The Morgan fingerprint density at radius 3 is 2.30 bits per heavy atom. The van der Waals surface area contributed by atoms with Crippen molar-refractivity contribution in [2.75, 3.05) is 0 Å². The largest absolute Gasteiger partial charge is 0.474 e. The lowest BCUT2D eigenvalue weighted by atomic mass is 9.87. The van der Waals surface area contributed by atoms with Gasteiger partial charge in [-0.2, -0.15) is 18.2 Å². The lowest BCUT2D eigenvalue weighted by molar-refractivity contribution is -0.185. The zero-order valence-electron chi connectivity index (χ0n) is 21.5. The van der Waals surface area contributed by atoms with Crippen LogP contribution in [0.25, 0.3) is 22.2 Å². The van der Waals surface area contributed by atoms with E-state index in [0.717, 1.165) is 15.7 Å². The summed E-state index contributed by atoms with van der Waals surface area (Å²) in [6, 6.07) is 8.83. The fraction of sp³-hybridized carbons (Fsp3) is 0.370. The first-order valence-corrected chi connectivity index (χ1v) is 14.0. The molecule has 1 fully saturated rings. The molecular weight excluding hydrogens is 555 g/mol. The van der Waals surface area contributed by atoms with Crippen molar-refractivity contribution in [3.05, 3.63) is 65.9 Å². The van der Waals surface area contributed by atoms with Crippen molar-refractivity contribution < 1.29 is 35.1 Å². The standard InChI is InChI=1S/C27H25F5N4O3S/c1-15-3-9-19(10-4-15)40(37,38)36-14-20(24-22(36)11-12-33-25(24)26(28)29)21-13-23(35-16(2)34-21)39-18-7-5-17(6-8-18)27(30,31)32/h3-4,9-14,17-18,26H,5-8H2,1-2H3. The third-order valence-corrected chi connectivity index (χ3v) is 8.70. The van der Waals surface area contributed by atoms with Gasteiger partial charge in [0.15, 0.2) is 0 Å². The molecule has 1 aromatic carbocycles. The highest BCUT2D eigenvalue weighted by Gasteiger charge is 2.42. The second-order valence-corrected chi connectivity index (χ2v) is 11.6.